The van der Waals surface area contributed by atoms with Crippen LogP contribution in [-0.4, -0.2) is 35.7 Å². The number of hydrogen-bond donors (Lipinski definition) is 1. The second kappa shape index (κ2) is 12.2. The van der Waals surface area contributed by atoms with Crippen molar-refractivity contribution < 1.29 is 9.53 Å². The van der Waals surface area contributed by atoms with Gasteiger partial charge in [0.2, 0.25) is 0 Å². The maximum atomic E-state index is 11.6. The number of rotatable bonds is 11. The highest BCUT2D eigenvalue weighted by Gasteiger charge is 2.15. The van der Waals surface area contributed by atoms with E-state index in [1.54, 1.807) is 0 Å². The van der Waals surface area contributed by atoms with Gasteiger partial charge in [0, 0.05) is 30.5 Å². The van der Waals surface area contributed by atoms with E-state index in [4.69, 9.17) is 4.74 Å². The highest BCUT2D eigenvalue weighted by Crippen LogP contribution is 2.20. The van der Waals surface area contributed by atoms with Crippen LogP contribution in [0.4, 0.5) is 0 Å². The summed E-state index contributed by atoms with van der Waals surface area (Å²) in [6.07, 6.45) is 12.1. The summed E-state index contributed by atoms with van der Waals surface area (Å²) in [4.78, 5) is 11.6. The number of carbonyl (C=O) groups is 1. The highest BCUT2D eigenvalue weighted by atomic mass is 32.2. The molecule has 0 aromatic carbocycles. The standard InChI is InChI=1S/C19H37NO2S/c1-19(2,3)22-18(21)13-11-9-7-5-4-6-8-10-12-17-16-20-14-15-23-17/h17,20H,4-16H2,1-3H3. The van der Waals surface area contributed by atoms with Crippen molar-refractivity contribution in [1.82, 2.24) is 5.32 Å². The van der Waals surface area contributed by atoms with Crippen LogP contribution in [0.2, 0.25) is 0 Å². The van der Waals surface area contributed by atoms with Crippen molar-refractivity contribution in [3.63, 3.8) is 0 Å². The van der Waals surface area contributed by atoms with Crippen LogP contribution in [0.25, 0.3) is 0 Å². The molecule has 1 aliphatic heterocycles. The molecule has 3 nitrogen and oxygen atoms in total. The van der Waals surface area contributed by atoms with Gasteiger partial charge in [0.15, 0.2) is 0 Å². The molecule has 4 heteroatoms. The Morgan fingerprint density at radius 2 is 1.65 bits per heavy atom. The molecular formula is C19H37NO2S. The topological polar surface area (TPSA) is 38.3 Å². The van der Waals surface area contributed by atoms with Gasteiger partial charge >= 0.3 is 5.97 Å². The fourth-order valence-electron chi connectivity index (χ4n) is 2.90. The first-order valence-electron chi connectivity index (χ1n) is 9.51. The number of unbranched alkanes of at least 4 members (excludes halogenated alkanes) is 7. The van der Waals surface area contributed by atoms with E-state index in [9.17, 15) is 4.79 Å². The molecule has 23 heavy (non-hydrogen) atoms. The molecule has 0 saturated carbocycles. The molecule has 0 aliphatic carbocycles. The van der Waals surface area contributed by atoms with Crippen molar-refractivity contribution >= 4 is 17.7 Å². The lowest BCUT2D eigenvalue weighted by molar-refractivity contribution is -0.154. The summed E-state index contributed by atoms with van der Waals surface area (Å²) < 4.78 is 5.31. The van der Waals surface area contributed by atoms with Crippen LogP contribution in [0.15, 0.2) is 0 Å². The summed E-state index contributed by atoms with van der Waals surface area (Å²) in [6, 6.07) is 0. The van der Waals surface area contributed by atoms with Gasteiger partial charge in [0.25, 0.3) is 0 Å². The van der Waals surface area contributed by atoms with Crippen LogP contribution < -0.4 is 5.32 Å². The zero-order valence-electron chi connectivity index (χ0n) is 15.5. The van der Waals surface area contributed by atoms with Crippen molar-refractivity contribution in [2.45, 2.75) is 95.8 Å². The van der Waals surface area contributed by atoms with Crippen LogP contribution in [0, 0.1) is 0 Å². The molecule has 0 spiro atoms. The largest absolute Gasteiger partial charge is 0.460 e. The molecule has 1 saturated heterocycles. The van der Waals surface area contributed by atoms with Gasteiger partial charge in [-0.05, 0) is 33.6 Å². The molecule has 1 fully saturated rings. The first-order chi connectivity index (χ1) is 11.0. The molecule has 0 aromatic rings. The fourth-order valence-corrected chi connectivity index (χ4v) is 4.06. The predicted molar refractivity (Wildman–Crippen MR) is 101 cm³/mol. The quantitative estimate of drug-likeness (QED) is 0.426. The van der Waals surface area contributed by atoms with Crippen molar-refractivity contribution in [1.29, 1.82) is 0 Å². The van der Waals surface area contributed by atoms with Crippen LogP contribution in [0.3, 0.4) is 0 Å². The van der Waals surface area contributed by atoms with Crippen LogP contribution in [0.5, 0.6) is 0 Å². The summed E-state index contributed by atoms with van der Waals surface area (Å²) >= 11 is 2.15. The summed E-state index contributed by atoms with van der Waals surface area (Å²) in [5.41, 5.74) is -0.344. The summed E-state index contributed by atoms with van der Waals surface area (Å²) in [5, 5.41) is 4.34. The minimum Gasteiger partial charge on any atom is -0.460 e. The van der Waals surface area contributed by atoms with Crippen molar-refractivity contribution in [2.24, 2.45) is 0 Å². The molecule has 1 N–H and O–H groups in total. The molecule has 1 heterocycles. The first kappa shape index (κ1) is 20.8. The van der Waals surface area contributed by atoms with Gasteiger partial charge in [-0.1, -0.05) is 44.9 Å². The monoisotopic (exact) mass is 343 g/mol. The number of hydrogen-bond acceptors (Lipinski definition) is 4. The molecule has 1 atom stereocenters. The smallest absolute Gasteiger partial charge is 0.306 e. The maximum Gasteiger partial charge on any atom is 0.306 e. The molecule has 0 bridgehead atoms. The third kappa shape index (κ3) is 12.8. The lowest BCUT2D eigenvalue weighted by Gasteiger charge is -2.22. The lowest BCUT2D eigenvalue weighted by Crippen LogP contribution is -2.32. The van der Waals surface area contributed by atoms with Crippen LogP contribution in [-0.2, 0) is 9.53 Å². The molecule has 0 amide bonds. The molecule has 1 rings (SSSR count). The fraction of sp³-hybridized carbons (Fsp3) is 0.947. The average molecular weight is 344 g/mol. The van der Waals surface area contributed by atoms with Crippen molar-refractivity contribution in [3.8, 4) is 0 Å². The normalized spacial score (nSPS) is 18.8. The van der Waals surface area contributed by atoms with E-state index in [0.717, 1.165) is 18.1 Å². The Morgan fingerprint density at radius 1 is 1.04 bits per heavy atom. The molecular weight excluding hydrogens is 306 g/mol. The SMILES string of the molecule is CC(C)(C)OC(=O)CCCCCCCCCCC1CNCCS1. The minimum absolute atomic E-state index is 0.0485. The van der Waals surface area contributed by atoms with E-state index < -0.39 is 0 Å². The van der Waals surface area contributed by atoms with Gasteiger partial charge in [-0.15, -0.1) is 0 Å². The van der Waals surface area contributed by atoms with Crippen LogP contribution in [0.1, 0.15) is 85.0 Å². The van der Waals surface area contributed by atoms with Crippen molar-refractivity contribution in [2.75, 3.05) is 18.8 Å². The Bertz CT molecular complexity index is 309. The van der Waals surface area contributed by atoms with E-state index in [1.165, 1.54) is 63.8 Å². The maximum absolute atomic E-state index is 11.6. The number of carbonyl (C=O) groups excluding carboxylic acids is 1. The predicted octanol–water partition coefficient (Wildman–Crippen LogP) is 4.93. The van der Waals surface area contributed by atoms with Gasteiger partial charge in [0.1, 0.15) is 5.60 Å². The zero-order chi connectivity index (χ0) is 17.0. The van der Waals surface area contributed by atoms with Crippen molar-refractivity contribution in [3.05, 3.63) is 0 Å². The van der Waals surface area contributed by atoms with Gasteiger partial charge in [-0.25, -0.2) is 0 Å². The number of ether oxygens (including phenoxy) is 1. The second-order valence-corrected chi connectivity index (χ2v) is 9.06. The highest BCUT2D eigenvalue weighted by molar-refractivity contribution is 8.00. The average Bonchev–Trinajstić information content (AvgIpc) is 2.48. The Balaban J connectivity index is 1.80. The zero-order valence-corrected chi connectivity index (χ0v) is 16.3. The summed E-state index contributed by atoms with van der Waals surface area (Å²) in [6.45, 7) is 8.18. The van der Waals surface area contributed by atoms with E-state index >= 15 is 0 Å². The Kier molecular flexibility index (Phi) is 11.0. The molecule has 136 valence electrons. The van der Waals surface area contributed by atoms with E-state index in [1.807, 2.05) is 20.8 Å². The summed E-state index contributed by atoms with van der Waals surface area (Å²) in [5.74, 6) is 1.24. The molecule has 1 aliphatic rings. The van der Waals surface area contributed by atoms with E-state index in [0.29, 0.717) is 6.42 Å². The van der Waals surface area contributed by atoms with E-state index in [2.05, 4.69) is 17.1 Å². The Labute approximate surface area is 147 Å². The second-order valence-electron chi connectivity index (χ2n) is 7.65. The number of esters is 1. The first-order valence-corrected chi connectivity index (χ1v) is 10.6. The van der Waals surface area contributed by atoms with E-state index in [-0.39, 0.29) is 11.6 Å². The summed E-state index contributed by atoms with van der Waals surface area (Å²) in [7, 11) is 0. The third-order valence-electron chi connectivity index (χ3n) is 4.08. The Hall–Kier alpha value is -0.220. The van der Waals surface area contributed by atoms with Gasteiger partial charge in [0.05, 0.1) is 0 Å². The molecule has 0 radical (unpaired) electrons. The third-order valence-corrected chi connectivity index (χ3v) is 5.40. The number of thioether (sulfide) groups is 1. The van der Waals surface area contributed by atoms with Gasteiger partial charge in [-0.3, -0.25) is 4.79 Å². The van der Waals surface area contributed by atoms with Gasteiger partial charge in [-0.2, -0.15) is 11.8 Å². The van der Waals surface area contributed by atoms with Crippen LogP contribution >= 0.6 is 11.8 Å². The molecule has 1 unspecified atom stereocenters. The lowest BCUT2D eigenvalue weighted by atomic mass is 10.1. The molecule has 0 aromatic heterocycles. The number of nitrogens with one attached hydrogen (secondary N) is 1. The minimum atomic E-state index is -0.344. The Morgan fingerprint density at radius 3 is 2.22 bits per heavy atom. The van der Waals surface area contributed by atoms with Gasteiger partial charge < -0.3 is 10.1 Å².